The van der Waals surface area contributed by atoms with Gasteiger partial charge in [-0.1, -0.05) is 42.0 Å². The van der Waals surface area contributed by atoms with Crippen LogP contribution in [0.15, 0.2) is 48.5 Å². The van der Waals surface area contributed by atoms with Gasteiger partial charge >= 0.3 is 5.97 Å². The van der Waals surface area contributed by atoms with E-state index < -0.39 is 5.97 Å². The molecule has 0 amide bonds. The number of thiazole rings is 1. The Kier molecular flexibility index (Phi) is 6.97. The second-order valence-corrected chi connectivity index (χ2v) is 8.91. The van der Waals surface area contributed by atoms with Gasteiger partial charge in [0.1, 0.15) is 5.75 Å². The predicted octanol–water partition coefficient (Wildman–Crippen LogP) is 5.74. The van der Waals surface area contributed by atoms with Crippen molar-refractivity contribution in [2.24, 2.45) is 0 Å². The Balaban J connectivity index is 1.24. The number of aliphatic carboxylic acids is 1. The van der Waals surface area contributed by atoms with Gasteiger partial charge in [0.15, 0.2) is 0 Å². The molecule has 0 aliphatic heterocycles. The maximum absolute atomic E-state index is 10.6. The van der Waals surface area contributed by atoms with Crippen molar-refractivity contribution in [1.29, 1.82) is 0 Å². The first kappa shape index (κ1) is 20.8. The molecule has 1 aromatic heterocycles. The normalized spacial score (nSPS) is 13.8. The van der Waals surface area contributed by atoms with Gasteiger partial charge in [-0.25, -0.2) is 4.98 Å². The van der Waals surface area contributed by atoms with E-state index in [9.17, 15) is 4.79 Å². The summed E-state index contributed by atoms with van der Waals surface area (Å²) in [7, 11) is 0. The lowest BCUT2D eigenvalue weighted by Crippen LogP contribution is -2.29. The van der Waals surface area contributed by atoms with Gasteiger partial charge < -0.3 is 14.7 Å². The highest BCUT2D eigenvalue weighted by molar-refractivity contribution is 7.20. The molecule has 0 unspecified atom stereocenters. The van der Waals surface area contributed by atoms with Gasteiger partial charge in [0.05, 0.1) is 10.2 Å². The van der Waals surface area contributed by atoms with Crippen LogP contribution in [0.2, 0.25) is 0 Å². The minimum absolute atomic E-state index is 0.287. The Morgan fingerprint density at radius 1 is 1.07 bits per heavy atom. The fourth-order valence-corrected chi connectivity index (χ4v) is 4.51. The molecule has 5 nitrogen and oxygen atoms in total. The van der Waals surface area contributed by atoms with Crippen LogP contribution < -0.4 is 4.74 Å². The number of carbonyl (C=O) groups is 1. The highest BCUT2D eigenvalue weighted by Crippen LogP contribution is 2.31. The van der Waals surface area contributed by atoms with E-state index in [-0.39, 0.29) is 6.42 Å². The summed E-state index contributed by atoms with van der Waals surface area (Å²) in [6, 6.07) is 17.1. The molecule has 1 fully saturated rings. The van der Waals surface area contributed by atoms with Gasteiger partial charge in [0.25, 0.3) is 5.19 Å². The third-order valence-electron chi connectivity index (χ3n) is 5.49. The van der Waals surface area contributed by atoms with Crippen molar-refractivity contribution in [3.05, 3.63) is 54.1 Å². The van der Waals surface area contributed by atoms with E-state index in [1.807, 2.05) is 30.3 Å². The molecule has 158 valence electrons. The monoisotopic (exact) mass is 424 g/mol. The van der Waals surface area contributed by atoms with E-state index in [1.165, 1.54) is 18.4 Å². The number of fused-ring (bicyclic) bond motifs is 1. The third kappa shape index (κ3) is 6.03. The number of hydrogen-bond acceptors (Lipinski definition) is 5. The Labute approximate surface area is 181 Å². The van der Waals surface area contributed by atoms with Crippen molar-refractivity contribution in [3.8, 4) is 10.9 Å². The molecule has 1 aliphatic carbocycles. The van der Waals surface area contributed by atoms with Gasteiger partial charge in [0, 0.05) is 19.0 Å². The summed E-state index contributed by atoms with van der Waals surface area (Å²) >= 11 is 1.56. The fourth-order valence-electron chi connectivity index (χ4n) is 3.68. The highest BCUT2D eigenvalue weighted by Gasteiger charge is 2.28. The van der Waals surface area contributed by atoms with Crippen molar-refractivity contribution < 1.29 is 14.6 Å². The zero-order chi connectivity index (χ0) is 20.8. The lowest BCUT2D eigenvalue weighted by atomic mass is 10.1. The second kappa shape index (κ2) is 10.0. The number of rotatable bonds is 12. The number of para-hydroxylation sites is 1. The van der Waals surface area contributed by atoms with Crippen LogP contribution in [0.5, 0.6) is 10.9 Å². The average Bonchev–Trinajstić information content (AvgIpc) is 3.50. The van der Waals surface area contributed by atoms with Crippen LogP contribution in [-0.4, -0.2) is 40.1 Å². The molecule has 1 heterocycles. The van der Waals surface area contributed by atoms with E-state index in [0.717, 1.165) is 60.8 Å². The lowest BCUT2D eigenvalue weighted by molar-refractivity contribution is -0.137. The summed E-state index contributed by atoms with van der Waals surface area (Å²) < 4.78 is 7.07. The summed E-state index contributed by atoms with van der Waals surface area (Å²) in [6.45, 7) is 2.13. The van der Waals surface area contributed by atoms with Crippen molar-refractivity contribution in [2.75, 3.05) is 13.1 Å². The molecule has 2 aromatic carbocycles. The summed E-state index contributed by atoms with van der Waals surface area (Å²) in [4.78, 5) is 17.7. The smallest absolute Gasteiger partial charge is 0.303 e. The van der Waals surface area contributed by atoms with Crippen LogP contribution in [0.3, 0.4) is 0 Å². The van der Waals surface area contributed by atoms with Gasteiger partial charge in [-0.2, -0.15) is 0 Å². The number of carboxylic acids is 1. The maximum atomic E-state index is 10.6. The summed E-state index contributed by atoms with van der Waals surface area (Å²) in [5.74, 6) is 0.125. The van der Waals surface area contributed by atoms with Crippen molar-refractivity contribution >= 4 is 27.5 Å². The van der Waals surface area contributed by atoms with Crippen LogP contribution in [0.25, 0.3) is 10.2 Å². The van der Waals surface area contributed by atoms with Crippen LogP contribution in [0.1, 0.15) is 44.1 Å². The quantitative estimate of drug-likeness (QED) is 0.376. The van der Waals surface area contributed by atoms with Gasteiger partial charge in [-0.3, -0.25) is 4.79 Å². The average molecular weight is 425 g/mol. The molecular formula is C24H28N2O3S. The molecular weight excluding hydrogens is 396 g/mol. The number of aromatic nitrogens is 1. The zero-order valence-electron chi connectivity index (χ0n) is 17.1. The minimum Gasteiger partial charge on any atom is -0.481 e. The van der Waals surface area contributed by atoms with E-state index in [2.05, 4.69) is 28.1 Å². The van der Waals surface area contributed by atoms with E-state index in [0.29, 0.717) is 5.19 Å². The number of benzene rings is 2. The molecule has 0 bridgehead atoms. The molecule has 1 N–H and O–H groups in total. The topological polar surface area (TPSA) is 62.7 Å². The van der Waals surface area contributed by atoms with Crippen LogP contribution in [0, 0.1) is 0 Å². The standard InChI is InChI=1S/C24H28N2O3S/c27-23(28)8-2-1-5-16-26(19-11-12-19)17-15-18-9-13-20(14-10-18)29-24-25-21-6-3-4-7-22(21)30-24/h3-4,6-7,9-10,13-14,19H,1-2,5,8,11-12,15-17H2,(H,27,28). The maximum Gasteiger partial charge on any atom is 0.303 e. The molecule has 1 saturated carbocycles. The fraction of sp³-hybridized carbons (Fsp3) is 0.417. The van der Waals surface area contributed by atoms with E-state index in [4.69, 9.17) is 9.84 Å². The summed E-state index contributed by atoms with van der Waals surface area (Å²) in [5, 5.41) is 9.42. The van der Waals surface area contributed by atoms with Crippen molar-refractivity contribution in [3.63, 3.8) is 0 Å². The van der Waals surface area contributed by atoms with Crippen LogP contribution in [0.4, 0.5) is 0 Å². The number of carboxylic acid groups (broad SMARTS) is 1. The Morgan fingerprint density at radius 2 is 1.87 bits per heavy atom. The first-order valence-electron chi connectivity index (χ1n) is 10.8. The molecule has 0 saturated heterocycles. The van der Waals surface area contributed by atoms with E-state index in [1.54, 1.807) is 11.3 Å². The molecule has 4 rings (SSSR count). The third-order valence-corrected chi connectivity index (χ3v) is 6.40. The van der Waals surface area contributed by atoms with Crippen molar-refractivity contribution in [2.45, 2.75) is 51.0 Å². The largest absolute Gasteiger partial charge is 0.481 e. The van der Waals surface area contributed by atoms with Crippen molar-refractivity contribution in [1.82, 2.24) is 9.88 Å². The van der Waals surface area contributed by atoms with Gasteiger partial charge in [0.2, 0.25) is 0 Å². The SMILES string of the molecule is O=C(O)CCCCCN(CCc1ccc(Oc2nc3ccccc3s2)cc1)C1CC1. The minimum atomic E-state index is -0.690. The molecule has 6 heteroatoms. The van der Waals surface area contributed by atoms with E-state index >= 15 is 0 Å². The highest BCUT2D eigenvalue weighted by atomic mass is 32.1. The second-order valence-electron chi connectivity index (χ2n) is 7.92. The van der Waals surface area contributed by atoms with Gasteiger partial charge in [-0.05, 0) is 68.5 Å². The number of unbranched alkanes of at least 4 members (excludes halogenated alkanes) is 2. The number of ether oxygens (including phenoxy) is 1. The molecule has 0 radical (unpaired) electrons. The zero-order valence-corrected chi connectivity index (χ0v) is 17.9. The lowest BCUT2D eigenvalue weighted by Gasteiger charge is -2.22. The first-order chi connectivity index (χ1) is 14.7. The van der Waals surface area contributed by atoms with Crippen LogP contribution >= 0.6 is 11.3 Å². The first-order valence-corrected chi connectivity index (χ1v) is 11.6. The van der Waals surface area contributed by atoms with Crippen LogP contribution in [-0.2, 0) is 11.2 Å². The molecule has 1 aliphatic rings. The summed E-state index contributed by atoms with van der Waals surface area (Å²) in [6.07, 6.45) is 6.76. The predicted molar refractivity (Wildman–Crippen MR) is 121 cm³/mol. The Bertz CT molecular complexity index is 933. The Hall–Kier alpha value is -2.44. The number of nitrogens with zero attached hydrogens (tertiary/aromatic N) is 2. The molecule has 30 heavy (non-hydrogen) atoms. The Morgan fingerprint density at radius 3 is 2.60 bits per heavy atom. The molecule has 0 spiro atoms. The molecule has 3 aromatic rings. The summed E-state index contributed by atoms with van der Waals surface area (Å²) in [5.41, 5.74) is 2.28. The number of hydrogen-bond donors (Lipinski definition) is 1. The molecule has 0 atom stereocenters. The van der Waals surface area contributed by atoms with Gasteiger partial charge in [-0.15, -0.1) is 0 Å².